The summed E-state index contributed by atoms with van der Waals surface area (Å²) in [5.74, 6) is 0. The van der Waals surface area contributed by atoms with Crippen LogP contribution < -0.4 is 5.73 Å². The normalized spacial score (nSPS) is 12.8. The van der Waals surface area contributed by atoms with Crippen LogP contribution in [0, 0.1) is 13.8 Å². The van der Waals surface area contributed by atoms with Crippen LogP contribution in [0.2, 0.25) is 0 Å². The molecule has 0 radical (unpaired) electrons. The second kappa shape index (κ2) is 4.96. The van der Waals surface area contributed by atoms with Crippen molar-refractivity contribution in [1.29, 1.82) is 0 Å². The molecule has 0 aliphatic carbocycles. The molecule has 0 saturated heterocycles. The van der Waals surface area contributed by atoms with E-state index in [4.69, 9.17) is 10.7 Å². The molecule has 2 aromatic heterocycles. The fourth-order valence-electron chi connectivity index (χ4n) is 2.40. The Morgan fingerprint density at radius 1 is 1.15 bits per heavy atom. The average Bonchev–Trinajstić information content (AvgIpc) is 2.81. The Balaban J connectivity index is 2.17. The van der Waals surface area contributed by atoms with E-state index < -0.39 is 0 Å². The summed E-state index contributed by atoms with van der Waals surface area (Å²) in [6.07, 6.45) is 0. The topological polar surface area (TPSA) is 51.8 Å². The molecule has 3 aromatic rings. The van der Waals surface area contributed by atoms with Crippen molar-refractivity contribution in [3.8, 4) is 10.7 Å². The van der Waals surface area contributed by atoms with Crippen molar-refractivity contribution in [1.82, 2.24) is 9.97 Å². The first kappa shape index (κ1) is 13.2. The zero-order valence-electron chi connectivity index (χ0n) is 11.8. The molecule has 1 aromatic carbocycles. The van der Waals surface area contributed by atoms with E-state index in [2.05, 4.69) is 24.0 Å². The molecule has 0 aliphatic heterocycles. The number of thiazole rings is 1. The number of aromatic nitrogens is 2. The summed E-state index contributed by atoms with van der Waals surface area (Å²) in [5.41, 5.74) is 10.1. The molecule has 1 unspecified atom stereocenters. The van der Waals surface area contributed by atoms with Gasteiger partial charge in [0.2, 0.25) is 0 Å². The lowest BCUT2D eigenvalue weighted by molar-refractivity contribution is 0.825. The number of rotatable bonds is 2. The van der Waals surface area contributed by atoms with Crippen LogP contribution in [0.25, 0.3) is 21.6 Å². The van der Waals surface area contributed by atoms with Gasteiger partial charge in [0.05, 0.1) is 16.9 Å². The van der Waals surface area contributed by atoms with Crippen LogP contribution in [-0.2, 0) is 0 Å². The van der Waals surface area contributed by atoms with Crippen molar-refractivity contribution in [2.45, 2.75) is 26.8 Å². The molecule has 4 heteroatoms. The Morgan fingerprint density at radius 2 is 1.90 bits per heavy atom. The largest absolute Gasteiger partial charge is 0.323 e. The van der Waals surface area contributed by atoms with Crippen LogP contribution >= 0.6 is 11.3 Å². The van der Waals surface area contributed by atoms with Crippen LogP contribution in [0.1, 0.15) is 29.1 Å². The lowest BCUT2D eigenvalue weighted by Crippen LogP contribution is -2.03. The minimum Gasteiger partial charge on any atom is -0.323 e. The molecule has 0 fully saturated rings. The van der Waals surface area contributed by atoms with Crippen molar-refractivity contribution in [3.63, 3.8) is 0 Å². The summed E-state index contributed by atoms with van der Waals surface area (Å²) in [6, 6.07) is 10.3. The van der Waals surface area contributed by atoms with E-state index in [0.717, 1.165) is 26.8 Å². The molecule has 20 heavy (non-hydrogen) atoms. The highest BCUT2D eigenvalue weighted by Crippen LogP contribution is 2.31. The predicted molar refractivity (Wildman–Crippen MR) is 84.9 cm³/mol. The number of para-hydroxylation sites is 1. The molecule has 3 nitrogen and oxygen atoms in total. The monoisotopic (exact) mass is 283 g/mol. The first-order chi connectivity index (χ1) is 9.56. The number of pyridine rings is 1. The Kier molecular flexibility index (Phi) is 3.28. The van der Waals surface area contributed by atoms with Gasteiger partial charge >= 0.3 is 0 Å². The van der Waals surface area contributed by atoms with Gasteiger partial charge in [0.1, 0.15) is 5.01 Å². The van der Waals surface area contributed by atoms with Gasteiger partial charge in [-0.1, -0.05) is 18.2 Å². The van der Waals surface area contributed by atoms with Crippen LogP contribution in [0.3, 0.4) is 0 Å². The summed E-state index contributed by atoms with van der Waals surface area (Å²) in [4.78, 5) is 10.5. The SMILES string of the molecule is Cc1nc(-c2cc(C)c3ccccc3n2)sc1C(C)N. The molecule has 3 rings (SSSR count). The van der Waals surface area contributed by atoms with E-state index in [9.17, 15) is 0 Å². The standard InChI is InChI=1S/C16H17N3S/c1-9-8-14(19-13-7-5-4-6-12(9)13)16-18-11(3)15(20-16)10(2)17/h4-8,10H,17H2,1-3H3. The Labute approximate surface area is 122 Å². The molecule has 2 N–H and O–H groups in total. The van der Waals surface area contributed by atoms with Gasteiger partial charge < -0.3 is 5.73 Å². The van der Waals surface area contributed by atoms with Crippen molar-refractivity contribution >= 4 is 22.2 Å². The third kappa shape index (κ3) is 2.21. The fourth-order valence-corrected chi connectivity index (χ4v) is 3.38. The Bertz CT molecular complexity index is 774. The number of aryl methyl sites for hydroxylation is 2. The van der Waals surface area contributed by atoms with Crippen LogP contribution in [0.5, 0.6) is 0 Å². The highest BCUT2D eigenvalue weighted by molar-refractivity contribution is 7.15. The van der Waals surface area contributed by atoms with Gasteiger partial charge in [-0.15, -0.1) is 11.3 Å². The molecular formula is C16H17N3S. The van der Waals surface area contributed by atoms with Gasteiger partial charge in [-0.05, 0) is 38.5 Å². The van der Waals surface area contributed by atoms with Crippen LogP contribution in [0.4, 0.5) is 0 Å². The van der Waals surface area contributed by atoms with Gasteiger partial charge in [-0.3, -0.25) is 0 Å². The van der Waals surface area contributed by atoms with Gasteiger partial charge in [-0.2, -0.15) is 0 Å². The number of hydrogen-bond acceptors (Lipinski definition) is 4. The van der Waals surface area contributed by atoms with E-state index in [-0.39, 0.29) is 6.04 Å². The summed E-state index contributed by atoms with van der Waals surface area (Å²) in [7, 11) is 0. The molecule has 0 bridgehead atoms. The molecule has 0 amide bonds. The smallest absolute Gasteiger partial charge is 0.142 e. The van der Waals surface area contributed by atoms with Crippen LogP contribution in [0.15, 0.2) is 30.3 Å². The van der Waals surface area contributed by atoms with Gasteiger partial charge in [0, 0.05) is 16.3 Å². The maximum absolute atomic E-state index is 5.98. The van der Waals surface area contributed by atoms with E-state index in [1.54, 1.807) is 11.3 Å². The molecular weight excluding hydrogens is 266 g/mol. The molecule has 102 valence electrons. The summed E-state index contributed by atoms with van der Waals surface area (Å²) in [6.45, 7) is 6.11. The lowest BCUT2D eigenvalue weighted by atomic mass is 10.1. The van der Waals surface area contributed by atoms with Crippen molar-refractivity contribution in [2.24, 2.45) is 5.73 Å². The molecule has 1 atom stereocenters. The van der Waals surface area contributed by atoms with E-state index in [0.29, 0.717) is 0 Å². The fraction of sp³-hybridized carbons (Fsp3) is 0.250. The number of nitrogens with zero attached hydrogens (tertiary/aromatic N) is 2. The zero-order chi connectivity index (χ0) is 14.3. The maximum atomic E-state index is 5.98. The van der Waals surface area contributed by atoms with Gasteiger partial charge in [0.15, 0.2) is 0 Å². The first-order valence-electron chi connectivity index (χ1n) is 6.66. The van der Waals surface area contributed by atoms with Gasteiger partial charge in [0.25, 0.3) is 0 Å². The van der Waals surface area contributed by atoms with E-state index >= 15 is 0 Å². The third-order valence-electron chi connectivity index (χ3n) is 3.39. The highest BCUT2D eigenvalue weighted by Gasteiger charge is 2.14. The Hall–Kier alpha value is -1.78. The molecule has 0 spiro atoms. The number of benzene rings is 1. The number of nitrogens with two attached hydrogens (primary N) is 1. The van der Waals surface area contributed by atoms with Crippen molar-refractivity contribution in [2.75, 3.05) is 0 Å². The number of fused-ring (bicyclic) bond motifs is 1. The highest BCUT2D eigenvalue weighted by atomic mass is 32.1. The molecule has 2 heterocycles. The van der Waals surface area contributed by atoms with E-state index in [1.807, 2.05) is 32.0 Å². The maximum Gasteiger partial charge on any atom is 0.142 e. The van der Waals surface area contributed by atoms with Crippen molar-refractivity contribution in [3.05, 3.63) is 46.5 Å². The summed E-state index contributed by atoms with van der Waals surface area (Å²) >= 11 is 1.64. The van der Waals surface area contributed by atoms with Crippen molar-refractivity contribution < 1.29 is 0 Å². The van der Waals surface area contributed by atoms with Gasteiger partial charge in [-0.25, -0.2) is 9.97 Å². The number of hydrogen-bond donors (Lipinski definition) is 1. The molecule has 0 saturated carbocycles. The van der Waals surface area contributed by atoms with E-state index in [1.165, 1.54) is 10.9 Å². The Morgan fingerprint density at radius 3 is 2.60 bits per heavy atom. The minimum atomic E-state index is 0.0165. The van der Waals surface area contributed by atoms with Crippen LogP contribution in [-0.4, -0.2) is 9.97 Å². The predicted octanol–water partition coefficient (Wildman–Crippen LogP) is 3.99. The second-order valence-electron chi connectivity index (χ2n) is 5.10. The second-order valence-corrected chi connectivity index (χ2v) is 6.13. The average molecular weight is 283 g/mol. The summed E-state index contributed by atoms with van der Waals surface area (Å²) in [5, 5.41) is 2.14. The lowest BCUT2D eigenvalue weighted by Gasteiger charge is -2.04. The zero-order valence-corrected chi connectivity index (χ0v) is 12.7. The third-order valence-corrected chi connectivity index (χ3v) is 4.77. The first-order valence-corrected chi connectivity index (χ1v) is 7.47. The molecule has 0 aliphatic rings. The minimum absolute atomic E-state index is 0.0165. The summed E-state index contributed by atoms with van der Waals surface area (Å²) < 4.78 is 0. The quantitative estimate of drug-likeness (QED) is 0.773.